The minimum Gasteiger partial charge on any atom is -0.342 e. The van der Waals surface area contributed by atoms with Gasteiger partial charge >= 0.3 is 0 Å². The van der Waals surface area contributed by atoms with Gasteiger partial charge in [0.1, 0.15) is 0 Å². The first-order valence-electron chi connectivity index (χ1n) is 5.84. The van der Waals surface area contributed by atoms with E-state index in [0.717, 1.165) is 36.9 Å². The minimum atomic E-state index is 0.264. The van der Waals surface area contributed by atoms with Gasteiger partial charge in [-0.15, -0.1) is 11.3 Å². The first kappa shape index (κ1) is 13.1. The first-order valence-corrected chi connectivity index (χ1v) is 7.51. The van der Waals surface area contributed by atoms with E-state index >= 15 is 0 Å². The Labute approximate surface area is 115 Å². The molecule has 0 N–H and O–H groups in total. The molecule has 1 aromatic rings. The normalized spacial score (nSPS) is 15.8. The molecule has 1 saturated heterocycles. The highest BCUT2D eigenvalue weighted by atomic mass is 79.9. The Balaban J connectivity index is 1.80. The number of hydrogen-bond donors (Lipinski definition) is 0. The number of likely N-dealkylation sites (tertiary alicyclic amines) is 1. The predicted octanol–water partition coefficient (Wildman–Crippen LogP) is 2.56. The van der Waals surface area contributed by atoms with Crippen molar-refractivity contribution in [1.82, 2.24) is 9.80 Å². The number of halogens is 1. The summed E-state index contributed by atoms with van der Waals surface area (Å²) in [5, 5.41) is 2.07. The standard InChI is InChI=1S/C12H17BrN2OS/c1-14(7-11-6-10(13)9-17-11)8-12(16)15-4-2-3-5-15/h6,9H,2-5,7-8H2,1H3. The van der Waals surface area contributed by atoms with Gasteiger partial charge in [-0.1, -0.05) is 0 Å². The fourth-order valence-corrected chi connectivity index (χ4v) is 3.59. The van der Waals surface area contributed by atoms with Gasteiger partial charge in [-0.25, -0.2) is 0 Å². The lowest BCUT2D eigenvalue weighted by atomic mass is 10.4. The smallest absolute Gasteiger partial charge is 0.236 e. The maximum absolute atomic E-state index is 11.9. The molecular weight excluding hydrogens is 300 g/mol. The second-order valence-corrected chi connectivity index (χ2v) is 6.40. The van der Waals surface area contributed by atoms with Crippen LogP contribution in [0.4, 0.5) is 0 Å². The molecule has 0 aliphatic carbocycles. The lowest BCUT2D eigenvalue weighted by Crippen LogP contribution is -2.36. The Hall–Kier alpha value is -0.390. The van der Waals surface area contributed by atoms with Gasteiger partial charge in [0.25, 0.3) is 0 Å². The van der Waals surface area contributed by atoms with Gasteiger partial charge in [-0.2, -0.15) is 0 Å². The van der Waals surface area contributed by atoms with Gasteiger partial charge in [0.2, 0.25) is 5.91 Å². The Morgan fingerprint density at radius 1 is 1.53 bits per heavy atom. The zero-order chi connectivity index (χ0) is 12.3. The lowest BCUT2D eigenvalue weighted by Gasteiger charge is -2.20. The Kier molecular flexibility index (Phi) is 4.59. The number of carbonyl (C=O) groups is 1. The SMILES string of the molecule is CN(CC(=O)N1CCCC1)Cc1cc(Br)cs1. The molecule has 3 nitrogen and oxygen atoms in total. The molecule has 0 unspecified atom stereocenters. The van der Waals surface area contributed by atoms with Gasteiger partial charge in [-0.3, -0.25) is 9.69 Å². The number of thiophene rings is 1. The molecule has 0 bridgehead atoms. The highest BCUT2D eigenvalue weighted by molar-refractivity contribution is 9.10. The average Bonchev–Trinajstić information content (AvgIpc) is 2.89. The number of likely N-dealkylation sites (N-methyl/N-ethyl adjacent to an activating group) is 1. The fraction of sp³-hybridized carbons (Fsp3) is 0.583. The van der Waals surface area contributed by atoms with Crippen molar-refractivity contribution < 1.29 is 4.79 Å². The van der Waals surface area contributed by atoms with Crippen LogP contribution in [0.5, 0.6) is 0 Å². The summed E-state index contributed by atoms with van der Waals surface area (Å²) in [5.41, 5.74) is 0. The first-order chi connectivity index (χ1) is 8.15. The van der Waals surface area contributed by atoms with Crippen molar-refractivity contribution in [3.05, 3.63) is 20.8 Å². The summed E-state index contributed by atoms with van der Waals surface area (Å²) in [4.78, 5) is 17.3. The molecule has 0 aromatic carbocycles. The van der Waals surface area contributed by atoms with Crippen LogP contribution in [0.25, 0.3) is 0 Å². The van der Waals surface area contributed by atoms with E-state index in [-0.39, 0.29) is 5.91 Å². The summed E-state index contributed by atoms with van der Waals surface area (Å²) in [6.07, 6.45) is 2.32. The van der Waals surface area contributed by atoms with Crippen LogP contribution in [0.1, 0.15) is 17.7 Å². The Bertz CT molecular complexity index is 388. The number of nitrogens with zero attached hydrogens (tertiary/aromatic N) is 2. The van der Waals surface area contributed by atoms with E-state index in [1.165, 1.54) is 4.88 Å². The van der Waals surface area contributed by atoms with Crippen LogP contribution in [-0.4, -0.2) is 42.4 Å². The summed E-state index contributed by atoms with van der Waals surface area (Å²) >= 11 is 5.17. The van der Waals surface area contributed by atoms with Crippen molar-refractivity contribution in [3.63, 3.8) is 0 Å². The monoisotopic (exact) mass is 316 g/mol. The van der Waals surface area contributed by atoms with E-state index in [9.17, 15) is 4.79 Å². The molecule has 5 heteroatoms. The highest BCUT2D eigenvalue weighted by Crippen LogP contribution is 2.20. The quantitative estimate of drug-likeness (QED) is 0.852. The van der Waals surface area contributed by atoms with Crippen molar-refractivity contribution in [1.29, 1.82) is 0 Å². The van der Waals surface area contributed by atoms with E-state index in [1.807, 2.05) is 11.9 Å². The van der Waals surface area contributed by atoms with Crippen LogP contribution >= 0.6 is 27.3 Å². The van der Waals surface area contributed by atoms with Crippen LogP contribution in [0.2, 0.25) is 0 Å². The minimum absolute atomic E-state index is 0.264. The van der Waals surface area contributed by atoms with Crippen LogP contribution in [0.15, 0.2) is 15.9 Å². The molecule has 0 atom stereocenters. The lowest BCUT2D eigenvalue weighted by molar-refractivity contribution is -0.131. The molecule has 1 aromatic heterocycles. The average molecular weight is 317 g/mol. The zero-order valence-corrected chi connectivity index (χ0v) is 12.4. The van der Waals surface area contributed by atoms with Crippen LogP contribution < -0.4 is 0 Å². The number of amides is 1. The van der Waals surface area contributed by atoms with E-state index in [4.69, 9.17) is 0 Å². The highest BCUT2D eigenvalue weighted by Gasteiger charge is 2.19. The van der Waals surface area contributed by atoms with Gasteiger partial charge in [-0.05, 0) is 41.9 Å². The van der Waals surface area contributed by atoms with Gasteiger partial charge < -0.3 is 4.90 Å². The fourth-order valence-electron chi connectivity index (χ4n) is 2.06. The van der Waals surface area contributed by atoms with Gasteiger partial charge in [0.15, 0.2) is 0 Å². The summed E-state index contributed by atoms with van der Waals surface area (Å²) in [7, 11) is 2.00. The van der Waals surface area contributed by atoms with E-state index in [2.05, 4.69) is 32.3 Å². The molecule has 1 aliphatic rings. The third kappa shape index (κ3) is 3.79. The molecule has 0 spiro atoms. The molecule has 94 valence electrons. The molecule has 1 amide bonds. The topological polar surface area (TPSA) is 23.6 Å². The molecular formula is C12H17BrN2OS. The van der Waals surface area contributed by atoms with E-state index in [0.29, 0.717) is 6.54 Å². The van der Waals surface area contributed by atoms with E-state index < -0.39 is 0 Å². The van der Waals surface area contributed by atoms with Gasteiger partial charge in [0.05, 0.1) is 6.54 Å². The maximum Gasteiger partial charge on any atom is 0.236 e. The number of rotatable bonds is 4. The molecule has 2 rings (SSSR count). The van der Waals surface area contributed by atoms with Crippen molar-refractivity contribution in [3.8, 4) is 0 Å². The van der Waals surface area contributed by atoms with Crippen molar-refractivity contribution in [2.24, 2.45) is 0 Å². The zero-order valence-electron chi connectivity index (χ0n) is 9.99. The maximum atomic E-state index is 11.9. The van der Waals surface area contributed by atoms with Crippen LogP contribution in [0, 0.1) is 0 Å². The van der Waals surface area contributed by atoms with Crippen molar-refractivity contribution in [2.75, 3.05) is 26.7 Å². The predicted molar refractivity (Wildman–Crippen MR) is 74.2 cm³/mol. The second kappa shape index (κ2) is 5.98. The number of hydrogen-bond acceptors (Lipinski definition) is 3. The molecule has 0 saturated carbocycles. The number of carbonyl (C=O) groups excluding carboxylic acids is 1. The third-order valence-electron chi connectivity index (χ3n) is 2.91. The third-order valence-corrected chi connectivity index (χ3v) is 4.59. The largest absolute Gasteiger partial charge is 0.342 e. The van der Waals surface area contributed by atoms with Crippen molar-refractivity contribution >= 4 is 33.2 Å². The molecule has 2 heterocycles. The Morgan fingerprint density at radius 3 is 2.82 bits per heavy atom. The van der Waals surface area contributed by atoms with E-state index in [1.54, 1.807) is 11.3 Å². The molecule has 1 aliphatic heterocycles. The Morgan fingerprint density at radius 2 is 2.24 bits per heavy atom. The van der Waals surface area contributed by atoms with Gasteiger partial charge in [0, 0.05) is 34.4 Å². The molecule has 0 radical (unpaired) electrons. The van der Waals surface area contributed by atoms with Crippen molar-refractivity contribution in [2.45, 2.75) is 19.4 Å². The summed E-state index contributed by atoms with van der Waals surface area (Å²) in [6, 6.07) is 2.11. The summed E-state index contributed by atoms with van der Waals surface area (Å²) < 4.78 is 1.12. The second-order valence-electron chi connectivity index (χ2n) is 4.49. The summed E-state index contributed by atoms with van der Waals surface area (Å²) in [6.45, 7) is 3.25. The van der Waals surface area contributed by atoms with Crippen LogP contribution in [-0.2, 0) is 11.3 Å². The van der Waals surface area contributed by atoms with Crippen LogP contribution in [0.3, 0.4) is 0 Å². The molecule has 1 fully saturated rings. The molecule has 17 heavy (non-hydrogen) atoms. The summed E-state index contributed by atoms with van der Waals surface area (Å²) in [5.74, 6) is 0.264.